The van der Waals surface area contributed by atoms with E-state index in [1.54, 1.807) is 12.5 Å². The molecule has 0 saturated carbocycles. The summed E-state index contributed by atoms with van der Waals surface area (Å²) in [6, 6.07) is 13.8. The van der Waals surface area contributed by atoms with E-state index in [1.807, 2.05) is 42.5 Å². The number of rotatable bonds is 3. The lowest BCUT2D eigenvalue weighted by Gasteiger charge is -2.06. The van der Waals surface area contributed by atoms with Gasteiger partial charge in [-0.2, -0.15) is 0 Å². The van der Waals surface area contributed by atoms with E-state index in [2.05, 4.69) is 9.71 Å². The first-order valence-electron chi connectivity index (χ1n) is 5.23. The Labute approximate surface area is 103 Å². The lowest BCUT2D eigenvalue weighted by molar-refractivity contribution is 0.475. The van der Waals surface area contributed by atoms with E-state index in [1.165, 1.54) is 11.9 Å². The summed E-state index contributed by atoms with van der Waals surface area (Å²) in [4.78, 5) is 4.37. The van der Waals surface area contributed by atoms with E-state index in [0.717, 1.165) is 21.7 Å². The molecule has 0 aliphatic heterocycles. The standard InChI is InChI=1S/C13H10N2OS/c1-4-10-5-2-8-14-13(10)11(6-1)15-17-12-7-3-9-16-12/h1-9,15H. The number of nitrogens with one attached hydrogen (secondary N) is 1. The third-order valence-corrected chi connectivity index (χ3v) is 3.14. The van der Waals surface area contributed by atoms with Gasteiger partial charge in [0.25, 0.3) is 0 Å². The van der Waals surface area contributed by atoms with Gasteiger partial charge in [-0.15, -0.1) is 0 Å². The van der Waals surface area contributed by atoms with Crippen molar-refractivity contribution < 1.29 is 4.42 Å². The van der Waals surface area contributed by atoms with Crippen molar-refractivity contribution in [2.75, 3.05) is 4.72 Å². The molecule has 17 heavy (non-hydrogen) atoms. The number of hydrogen-bond donors (Lipinski definition) is 1. The molecule has 0 unspecified atom stereocenters. The highest BCUT2D eigenvalue weighted by molar-refractivity contribution is 8.00. The Morgan fingerprint density at radius 2 is 2.00 bits per heavy atom. The monoisotopic (exact) mass is 242 g/mol. The molecule has 0 aliphatic carbocycles. The number of benzene rings is 1. The van der Waals surface area contributed by atoms with Gasteiger partial charge in [0, 0.05) is 23.5 Å². The van der Waals surface area contributed by atoms with Crippen LogP contribution < -0.4 is 4.72 Å². The van der Waals surface area contributed by atoms with Gasteiger partial charge in [-0.1, -0.05) is 18.2 Å². The summed E-state index contributed by atoms with van der Waals surface area (Å²) in [6.45, 7) is 0. The van der Waals surface area contributed by atoms with Crippen LogP contribution in [0.5, 0.6) is 0 Å². The SMILES string of the molecule is c1coc(SNc2cccc3cccnc23)c1. The number of furan rings is 1. The van der Waals surface area contributed by atoms with Crippen LogP contribution in [0.2, 0.25) is 0 Å². The highest BCUT2D eigenvalue weighted by atomic mass is 32.2. The summed E-state index contributed by atoms with van der Waals surface area (Å²) < 4.78 is 8.50. The average Bonchev–Trinajstić information content (AvgIpc) is 2.89. The zero-order valence-electron chi connectivity index (χ0n) is 8.96. The van der Waals surface area contributed by atoms with E-state index < -0.39 is 0 Å². The highest BCUT2D eigenvalue weighted by Crippen LogP contribution is 2.26. The van der Waals surface area contributed by atoms with Crippen LogP contribution in [-0.2, 0) is 0 Å². The van der Waals surface area contributed by atoms with Crippen LogP contribution in [0.1, 0.15) is 0 Å². The molecule has 3 aromatic rings. The summed E-state index contributed by atoms with van der Waals surface area (Å²) in [6.07, 6.45) is 3.45. The molecule has 2 heterocycles. The number of aromatic nitrogens is 1. The maximum atomic E-state index is 5.25. The van der Waals surface area contributed by atoms with Gasteiger partial charge in [-0.25, -0.2) is 0 Å². The van der Waals surface area contributed by atoms with Crippen LogP contribution >= 0.6 is 11.9 Å². The molecular formula is C13H10N2OS. The smallest absolute Gasteiger partial charge is 0.180 e. The Morgan fingerprint density at radius 1 is 1.06 bits per heavy atom. The fraction of sp³-hybridized carbons (Fsp3) is 0. The largest absolute Gasteiger partial charge is 0.456 e. The van der Waals surface area contributed by atoms with Gasteiger partial charge in [-0.3, -0.25) is 4.98 Å². The number of hydrogen-bond acceptors (Lipinski definition) is 4. The fourth-order valence-corrected chi connectivity index (χ4v) is 2.24. The summed E-state index contributed by atoms with van der Waals surface area (Å²) in [7, 11) is 0. The van der Waals surface area contributed by atoms with E-state index >= 15 is 0 Å². The number of fused-ring (bicyclic) bond motifs is 1. The number of pyridine rings is 1. The van der Waals surface area contributed by atoms with Gasteiger partial charge in [0.05, 0.1) is 17.5 Å². The van der Waals surface area contributed by atoms with E-state index in [-0.39, 0.29) is 0 Å². The minimum absolute atomic E-state index is 0.831. The van der Waals surface area contributed by atoms with E-state index in [0.29, 0.717) is 0 Å². The molecule has 0 atom stereocenters. The Kier molecular flexibility index (Phi) is 2.71. The second kappa shape index (κ2) is 4.51. The first kappa shape index (κ1) is 10.2. The molecule has 84 valence electrons. The first-order valence-corrected chi connectivity index (χ1v) is 6.05. The van der Waals surface area contributed by atoms with Crippen LogP contribution in [0.3, 0.4) is 0 Å². The van der Waals surface area contributed by atoms with Gasteiger partial charge in [0.1, 0.15) is 0 Å². The molecule has 0 bridgehead atoms. The normalized spacial score (nSPS) is 10.6. The number of nitrogens with zero attached hydrogens (tertiary/aromatic N) is 1. The van der Waals surface area contributed by atoms with Crippen LogP contribution in [0.15, 0.2) is 64.4 Å². The lowest BCUT2D eigenvalue weighted by atomic mass is 10.2. The van der Waals surface area contributed by atoms with Gasteiger partial charge >= 0.3 is 0 Å². The van der Waals surface area contributed by atoms with Crippen LogP contribution in [-0.4, -0.2) is 4.98 Å². The van der Waals surface area contributed by atoms with Gasteiger partial charge in [-0.05, 0) is 24.3 Å². The van der Waals surface area contributed by atoms with Crippen molar-refractivity contribution in [3.63, 3.8) is 0 Å². The number of anilines is 1. The maximum Gasteiger partial charge on any atom is 0.180 e. The molecule has 0 radical (unpaired) electrons. The van der Waals surface area contributed by atoms with Gasteiger partial charge in [0.15, 0.2) is 5.09 Å². The van der Waals surface area contributed by atoms with Crippen molar-refractivity contribution >= 4 is 28.5 Å². The van der Waals surface area contributed by atoms with Crippen LogP contribution in [0.4, 0.5) is 5.69 Å². The Balaban J connectivity index is 1.90. The molecule has 2 aromatic heterocycles. The second-order valence-electron chi connectivity index (χ2n) is 3.52. The van der Waals surface area contributed by atoms with Gasteiger partial charge < -0.3 is 9.14 Å². The molecule has 0 aliphatic rings. The van der Waals surface area contributed by atoms with Crippen molar-refractivity contribution in [1.29, 1.82) is 0 Å². The summed E-state index contributed by atoms with van der Waals surface area (Å²) >= 11 is 1.44. The molecule has 4 heteroatoms. The summed E-state index contributed by atoms with van der Waals surface area (Å²) in [5.74, 6) is 0. The Hall–Kier alpha value is -1.94. The third kappa shape index (κ3) is 2.12. The molecule has 0 fully saturated rings. The highest BCUT2D eigenvalue weighted by Gasteiger charge is 2.02. The predicted octanol–water partition coefficient (Wildman–Crippen LogP) is 3.95. The predicted molar refractivity (Wildman–Crippen MR) is 69.9 cm³/mol. The molecular weight excluding hydrogens is 232 g/mol. The zero-order valence-corrected chi connectivity index (χ0v) is 9.78. The van der Waals surface area contributed by atoms with Crippen molar-refractivity contribution in [2.45, 2.75) is 5.09 Å². The minimum Gasteiger partial charge on any atom is -0.456 e. The fourth-order valence-electron chi connectivity index (χ4n) is 1.61. The zero-order chi connectivity index (χ0) is 11.5. The molecule has 0 amide bonds. The maximum absolute atomic E-state index is 5.25. The molecule has 3 rings (SSSR count). The van der Waals surface area contributed by atoms with Crippen LogP contribution in [0, 0.1) is 0 Å². The average molecular weight is 242 g/mol. The van der Waals surface area contributed by atoms with Gasteiger partial charge in [0.2, 0.25) is 0 Å². The third-order valence-electron chi connectivity index (χ3n) is 2.39. The molecule has 0 saturated heterocycles. The quantitative estimate of drug-likeness (QED) is 0.706. The Morgan fingerprint density at radius 3 is 2.88 bits per heavy atom. The van der Waals surface area contributed by atoms with Crippen molar-refractivity contribution in [2.24, 2.45) is 0 Å². The van der Waals surface area contributed by atoms with Crippen molar-refractivity contribution in [3.05, 3.63) is 54.9 Å². The molecule has 1 N–H and O–H groups in total. The summed E-state index contributed by atoms with van der Waals surface area (Å²) in [5.41, 5.74) is 1.96. The van der Waals surface area contributed by atoms with Crippen LogP contribution in [0.25, 0.3) is 10.9 Å². The van der Waals surface area contributed by atoms with Crippen molar-refractivity contribution in [3.8, 4) is 0 Å². The molecule has 1 aromatic carbocycles. The molecule has 0 spiro atoms. The van der Waals surface area contributed by atoms with Crippen molar-refractivity contribution in [1.82, 2.24) is 4.98 Å². The topological polar surface area (TPSA) is 38.1 Å². The first-order chi connectivity index (χ1) is 8.43. The van der Waals surface area contributed by atoms with E-state index in [9.17, 15) is 0 Å². The molecule has 3 nitrogen and oxygen atoms in total. The summed E-state index contributed by atoms with van der Waals surface area (Å²) in [5, 5.41) is 1.95. The number of para-hydroxylation sites is 1. The Bertz CT molecular complexity index is 617. The minimum atomic E-state index is 0.831. The second-order valence-corrected chi connectivity index (χ2v) is 4.33. The lowest BCUT2D eigenvalue weighted by Crippen LogP contribution is -1.89. The van der Waals surface area contributed by atoms with E-state index in [4.69, 9.17) is 4.42 Å².